The Bertz CT molecular complexity index is 206. The van der Waals surface area contributed by atoms with Crippen molar-refractivity contribution < 1.29 is 9.53 Å². The maximum atomic E-state index is 9.18. The molecular formula is C8H11BrO2S. The first-order valence-electron chi connectivity index (χ1n) is 3.45. The average molecular weight is 251 g/mol. The summed E-state index contributed by atoms with van der Waals surface area (Å²) in [6, 6.07) is 0. The van der Waals surface area contributed by atoms with Gasteiger partial charge in [-0.15, -0.1) is 0 Å². The number of hydrogen-bond donors (Lipinski definition) is 0. The number of halogens is 1. The minimum Gasteiger partial charge on any atom is -0.468 e. The average Bonchev–Trinajstić information content (AvgIpc) is 2.39. The van der Waals surface area contributed by atoms with Crippen LogP contribution >= 0.6 is 27.3 Å². The second-order valence-electron chi connectivity index (χ2n) is 1.95. The Hall–Kier alpha value is -0.350. The summed E-state index contributed by atoms with van der Waals surface area (Å²) < 4.78 is 5.37. The summed E-state index contributed by atoms with van der Waals surface area (Å²) in [7, 11) is 0. The van der Waals surface area contributed by atoms with Gasteiger partial charge in [0.1, 0.15) is 0 Å². The molecule has 0 bridgehead atoms. The van der Waals surface area contributed by atoms with Gasteiger partial charge in [0.25, 0.3) is 6.47 Å². The molecule has 0 saturated heterocycles. The SMILES string of the molecule is CCOC=O.Cc1cscc1Br. The maximum absolute atomic E-state index is 9.18. The van der Waals surface area contributed by atoms with E-state index in [1.807, 2.05) is 0 Å². The van der Waals surface area contributed by atoms with Crippen molar-refractivity contribution in [3.05, 3.63) is 20.8 Å². The van der Waals surface area contributed by atoms with Crippen LogP contribution in [0.2, 0.25) is 0 Å². The summed E-state index contributed by atoms with van der Waals surface area (Å²) in [5.74, 6) is 0. The van der Waals surface area contributed by atoms with Gasteiger partial charge in [-0.3, -0.25) is 4.79 Å². The second kappa shape index (κ2) is 7.31. The minimum absolute atomic E-state index is 0.431. The summed E-state index contributed by atoms with van der Waals surface area (Å²) in [6.07, 6.45) is 0. The molecule has 68 valence electrons. The molecule has 4 heteroatoms. The molecule has 1 aromatic rings. The first-order chi connectivity index (χ1) is 5.72. The summed E-state index contributed by atoms with van der Waals surface area (Å²) in [5.41, 5.74) is 1.32. The lowest BCUT2D eigenvalue weighted by atomic mass is 10.4. The molecule has 0 unspecified atom stereocenters. The van der Waals surface area contributed by atoms with Crippen LogP contribution in [0.5, 0.6) is 0 Å². The third-order valence-electron chi connectivity index (χ3n) is 1.03. The van der Waals surface area contributed by atoms with Crippen molar-refractivity contribution in [3.8, 4) is 0 Å². The fourth-order valence-corrected chi connectivity index (χ4v) is 1.71. The molecule has 12 heavy (non-hydrogen) atoms. The van der Waals surface area contributed by atoms with Gasteiger partial charge in [-0.05, 0) is 40.7 Å². The van der Waals surface area contributed by atoms with E-state index < -0.39 is 0 Å². The topological polar surface area (TPSA) is 26.3 Å². The number of thiophene rings is 1. The number of hydrogen-bond acceptors (Lipinski definition) is 3. The van der Waals surface area contributed by atoms with Crippen molar-refractivity contribution in [2.75, 3.05) is 6.61 Å². The largest absolute Gasteiger partial charge is 0.468 e. The summed E-state index contributed by atoms with van der Waals surface area (Å²) >= 11 is 5.09. The standard InChI is InChI=1S/C5H5BrS.C3H6O2/c1-4-2-7-3-5(4)6;1-2-5-3-4/h2-3H,1H3;3H,2H2,1H3. The molecule has 0 spiro atoms. The molecule has 0 N–H and O–H groups in total. The normalized spacial score (nSPS) is 8.25. The molecule has 0 fully saturated rings. The third-order valence-corrected chi connectivity index (χ3v) is 3.05. The van der Waals surface area contributed by atoms with Crippen LogP contribution in [0.4, 0.5) is 0 Å². The Morgan fingerprint density at radius 3 is 2.42 bits per heavy atom. The molecule has 0 amide bonds. The Morgan fingerprint density at radius 1 is 1.67 bits per heavy atom. The Morgan fingerprint density at radius 2 is 2.33 bits per heavy atom. The lowest BCUT2D eigenvalue weighted by molar-refractivity contribution is -0.128. The number of aryl methyl sites for hydroxylation is 1. The Labute approximate surface area is 84.7 Å². The highest BCUT2D eigenvalue weighted by Crippen LogP contribution is 2.19. The van der Waals surface area contributed by atoms with Crippen molar-refractivity contribution >= 4 is 33.7 Å². The third kappa shape index (κ3) is 5.32. The minimum atomic E-state index is 0.431. The molecule has 0 aromatic carbocycles. The van der Waals surface area contributed by atoms with E-state index in [2.05, 4.69) is 38.4 Å². The van der Waals surface area contributed by atoms with Gasteiger partial charge in [-0.2, -0.15) is 11.3 Å². The predicted octanol–water partition coefficient (Wildman–Crippen LogP) is 3.00. The molecule has 1 rings (SSSR count). The van der Waals surface area contributed by atoms with Crippen LogP contribution in [-0.2, 0) is 9.53 Å². The van der Waals surface area contributed by atoms with E-state index >= 15 is 0 Å². The lowest BCUT2D eigenvalue weighted by Crippen LogP contribution is -1.80. The summed E-state index contributed by atoms with van der Waals surface area (Å²) in [6.45, 7) is 4.75. The van der Waals surface area contributed by atoms with Gasteiger partial charge in [-0.25, -0.2) is 0 Å². The predicted molar refractivity (Wildman–Crippen MR) is 54.4 cm³/mol. The summed E-state index contributed by atoms with van der Waals surface area (Å²) in [5, 5.41) is 4.19. The second-order valence-corrected chi connectivity index (χ2v) is 3.55. The molecule has 1 heterocycles. The molecule has 0 saturated carbocycles. The summed E-state index contributed by atoms with van der Waals surface area (Å²) in [4.78, 5) is 9.18. The van der Waals surface area contributed by atoms with Gasteiger partial charge < -0.3 is 4.74 Å². The zero-order chi connectivity index (χ0) is 9.40. The Balaban J connectivity index is 0.000000217. The monoisotopic (exact) mass is 250 g/mol. The molecule has 2 nitrogen and oxygen atoms in total. The molecule has 0 aliphatic heterocycles. The van der Waals surface area contributed by atoms with E-state index in [-0.39, 0.29) is 0 Å². The first kappa shape index (κ1) is 11.6. The fourth-order valence-electron chi connectivity index (χ4n) is 0.413. The van der Waals surface area contributed by atoms with Crippen LogP contribution in [0.3, 0.4) is 0 Å². The Kier molecular flexibility index (Phi) is 7.09. The van der Waals surface area contributed by atoms with Crippen LogP contribution < -0.4 is 0 Å². The van der Waals surface area contributed by atoms with Crippen molar-refractivity contribution in [1.29, 1.82) is 0 Å². The molecular weight excluding hydrogens is 240 g/mol. The molecule has 0 aliphatic carbocycles. The highest BCUT2D eigenvalue weighted by Gasteiger charge is 1.89. The van der Waals surface area contributed by atoms with Gasteiger partial charge in [-0.1, -0.05) is 0 Å². The van der Waals surface area contributed by atoms with Crippen LogP contribution in [0.25, 0.3) is 0 Å². The molecule has 0 aliphatic rings. The highest BCUT2D eigenvalue weighted by atomic mass is 79.9. The van der Waals surface area contributed by atoms with Crippen LogP contribution in [0.1, 0.15) is 12.5 Å². The van der Waals surface area contributed by atoms with Crippen LogP contribution in [0, 0.1) is 6.92 Å². The molecule has 0 radical (unpaired) electrons. The lowest BCUT2D eigenvalue weighted by Gasteiger charge is -1.79. The van der Waals surface area contributed by atoms with E-state index in [9.17, 15) is 4.79 Å². The number of rotatable bonds is 2. The number of carbonyl (C=O) groups is 1. The van der Waals surface area contributed by atoms with Gasteiger partial charge >= 0.3 is 0 Å². The van der Waals surface area contributed by atoms with E-state index in [4.69, 9.17) is 0 Å². The maximum Gasteiger partial charge on any atom is 0.293 e. The zero-order valence-electron chi connectivity index (χ0n) is 7.04. The van der Waals surface area contributed by atoms with Crippen molar-refractivity contribution in [1.82, 2.24) is 0 Å². The van der Waals surface area contributed by atoms with E-state index in [0.29, 0.717) is 13.1 Å². The fraction of sp³-hybridized carbons (Fsp3) is 0.375. The van der Waals surface area contributed by atoms with E-state index in [1.54, 1.807) is 18.3 Å². The van der Waals surface area contributed by atoms with Gasteiger partial charge in [0.05, 0.1) is 6.61 Å². The van der Waals surface area contributed by atoms with E-state index in [0.717, 1.165) is 0 Å². The van der Waals surface area contributed by atoms with Gasteiger partial charge in [0.15, 0.2) is 0 Å². The highest BCUT2D eigenvalue weighted by molar-refractivity contribution is 9.10. The smallest absolute Gasteiger partial charge is 0.293 e. The zero-order valence-corrected chi connectivity index (χ0v) is 9.44. The van der Waals surface area contributed by atoms with Gasteiger partial charge in [0, 0.05) is 9.85 Å². The van der Waals surface area contributed by atoms with Crippen LogP contribution in [-0.4, -0.2) is 13.1 Å². The molecule has 1 aromatic heterocycles. The van der Waals surface area contributed by atoms with Crippen LogP contribution in [0.15, 0.2) is 15.2 Å². The number of carbonyl (C=O) groups excluding carboxylic acids is 1. The van der Waals surface area contributed by atoms with Crippen molar-refractivity contribution in [2.24, 2.45) is 0 Å². The number of ether oxygens (including phenoxy) is 1. The van der Waals surface area contributed by atoms with Crippen molar-refractivity contribution in [2.45, 2.75) is 13.8 Å². The van der Waals surface area contributed by atoms with E-state index in [1.165, 1.54) is 10.0 Å². The van der Waals surface area contributed by atoms with Crippen molar-refractivity contribution in [3.63, 3.8) is 0 Å². The molecule has 0 atom stereocenters. The van der Waals surface area contributed by atoms with Gasteiger partial charge in [0.2, 0.25) is 0 Å². The quantitative estimate of drug-likeness (QED) is 0.755. The first-order valence-corrected chi connectivity index (χ1v) is 5.19.